The Bertz CT molecular complexity index is 608. The van der Waals surface area contributed by atoms with E-state index in [2.05, 4.69) is 10.2 Å². The van der Waals surface area contributed by atoms with Crippen LogP contribution in [0, 0.1) is 0 Å². The third-order valence-electron chi connectivity index (χ3n) is 2.52. The lowest BCUT2D eigenvalue weighted by molar-refractivity contribution is -0.0953. The number of sulfonamides is 1. The predicted octanol–water partition coefficient (Wildman–Crippen LogP) is 1.00. The van der Waals surface area contributed by atoms with E-state index in [4.69, 9.17) is 5.73 Å². The van der Waals surface area contributed by atoms with E-state index in [1.807, 2.05) is 0 Å². The van der Waals surface area contributed by atoms with Crippen LogP contribution >= 0.6 is 11.3 Å². The van der Waals surface area contributed by atoms with Gasteiger partial charge in [-0.05, 0) is 6.42 Å². The maximum absolute atomic E-state index is 12.4. The van der Waals surface area contributed by atoms with Crippen molar-refractivity contribution in [1.29, 1.82) is 0 Å². The van der Waals surface area contributed by atoms with Crippen molar-refractivity contribution in [3.8, 4) is 0 Å². The molecule has 106 valence electrons. The lowest BCUT2D eigenvalue weighted by Crippen LogP contribution is -2.36. The number of halogens is 3. The van der Waals surface area contributed by atoms with Crippen LogP contribution < -0.4 is 5.73 Å². The summed E-state index contributed by atoms with van der Waals surface area (Å²) in [6.45, 7) is -0.580. The Morgan fingerprint density at radius 1 is 1.37 bits per heavy atom. The van der Waals surface area contributed by atoms with E-state index in [0.29, 0.717) is 11.3 Å². The molecular formula is C8H9F3N4O2S2. The molecule has 0 aliphatic carbocycles. The highest BCUT2D eigenvalue weighted by Crippen LogP contribution is 2.32. The molecule has 2 heterocycles. The van der Waals surface area contributed by atoms with Crippen LogP contribution in [0.5, 0.6) is 0 Å². The van der Waals surface area contributed by atoms with Gasteiger partial charge in [-0.2, -0.15) is 17.5 Å². The molecule has 1 aromatic heterocycles. The van der Waals surface area contributed by atoms with E-state index >= 15 is 0 Å². The number of aromatic nitrogens is 2. The first kappa shape index (κ1) is 14.2. The quantitative estimate of drug-likeness (QED) is 0.823. The molecule has 0 saturated carbocycles. The Hall–Kier alpha value is -1.20. The summed E-state index contributed by atoms with van der Waals surface area (Å²) >= 11 is 0.678. The summed E-state index contributed by atoms with van der Waals surface area (Å²) in [7, 11) is -3.92. The summed E-state index contributed by atoms with van der Waals surface area (Å²) in [6.07, 6.45) is -3.93. The Balaban J connectivity index is 2.20. The van der Waals surface area contributed by atoms with Gasteiger partial charge < -0.3 is 5.73 Å². The van der Waals surface area contributed by atoms with Crippen molar-refractivity contribution >= 4 is 26.5 Å². The zero-order chi connectivity index (χ0) is 14.3. The monoisotopic (exact) mass is 314 g/mol. The van der Waals surface area contributed by atoms with Crippen molar-refractivity contribution in [3.63, 3.8) is 0 Å². The van der Waals surface area contributed by atoms with E-state index in [9.17, 15) is 21.6 Å². The SMILES string of the molecule is Nc1nnc(S(=O)(=O)N2CC=C(C(F)(F)F)CC2)s1. The molecule has 0 atom stereocenters. The van der Waals surface area contributed by atoms with Crippen molar-refractivity contribution < 1.29 is 21.6 Å². The molecule has 0 bridgehead atoms. The summed E-state index contributed by atoms with van der Waals surface area (Å²) in [5.41, 5.74) is 4.57. The zero-order valence-electron chi connectivity index (χ0n) is 9.38. The molecule has 2 rings (SSSR count). The molecule has 6 nitrogen and oxygen atoms in total. The predicted molar refractivity (Wildman–Crippen MR) is 61.8 cm³/mol. The number of anilines is 1. The fourth-order valence-corrected chi connectivity index (χ4v) is 3.86. The number of alkyl halides is 3. The van der Waals surface area contributed by atoms with Gasteiger partial charge in [0.25, 0.3) is 10.0 Å². The van der Waals surface area contributed by atoms with Crippen molar-refractivity contribution in [2.24, 2.45) is 0 Å². The highest BCUT2D eigenvalue weighted by molar-refractivity contribution is 7.91. The largest absolute Gasteiger partial charge is 0.412 e. The van der Waals surface area contributed by atoms with E-state index < -0.39 is 21.8 Å². The molecule has 2 N–H and O–H groups in total. The second kappa shape index (κ2) is 4.72. The van der Waals surface area contributed by atoms with Gasteiger partial charge in [-0.25, -0.2) is 8.42 Å². The van der Waals surface area contributed by atoms with E-state index in [0.717, 1.165) is 10.4 Å². The number of nitrogens with two attached hydrogens (primary N) is 1. The normalized spacial score (nSPS) is 18.4. The Labute approximate surface area is 110 Å². The molecule has 0 spiro atoms. The first-order valence-electron chi connectivity index (χ1n) is 5.06. The van der Waals surface area contributed by atoms with Crippen LogP contribution in [0.15, 0.2) is 16.0 Å². The molecule has 1 aromatic rings. The standard InChI is InChI=1S/C8H9F3N4O2S2/c9-8(10,11)5-1-3-15(4-2-5)19(16,17)7-14-13-6(12)18-7/h1H,2-4H2,(H2,12,13). The van der Waals surface area contributed by atoms with Gasteiger partial charge in [0, 0.05) is 18.7 Å². The lowest BCUT2D eigenvalue weighted by Gasteiger charge is -2.25. The fourth-order valence-electron chi connectivity index (χ4n) is 1.56. The third kappa shape index (κ3) is 2.87. The first-order chi connectivity index (χ1) is 8.71. The average molecular weight is 314 g/mol. The Morgan fingerprint density at radius 3 is 2.47 bits per heavy atom. The Morgan fingerprint density at radius 2 is 2.05 bits per heavy atom. The third-order valence-corrected chi connectivity index (χ3v) is 5.48. The summed E-state index contributed by atoms with van der Waals surface area (Å²) in [4.78, 5) is 0. The van der Waals surface area contributed by atoms with Crippen LogP contribution in [0.25, 0.3) is 0 Å². The summed E-state index contributed by atoms with van der Waals surface area (Å²) in [6, 6.07) is 0. The van der Waals surface area contributed by atoms with Crippen LogP contribution in [0.4, 0.5) is 18.3 Å². The molecule has 0 radical (unpaired) electrons. The second-order valence-corrected chi connectivity index (χ2v) is 6.87. The summed E-state index contributed by atoms with van der Waals surface area (Å²) in [5, 5.41) is 6.77. The van der Waals surface area contributed by atoms with Gasteiger partial charge in [0.1, 0.15) is 0 Å². The number of nitrogens with zero attached hydrogens (tertiary/aromatic N) is 3. The van der Waals surface area contributed by atoms with Crippen molar-refractivity contribution in [2.75, 3.05) is 18.8 Å². The van der Waals surface area contributed by atoms with Crippen molar-refractivity contribution in [2.45, 2.75) is 16.9 Å². The minimum Gasteiger partial charge on any atom is -0.374 e. The van der Waals surface area contributed by atoms with Crippen LogP contribution in [0.3, 0.4) is 0 Å². The van der Waals surface area contributed by atoms with E-state index in [1.54, 1.807) is 0 Å². The van der Waals surface area contributed by atoms with Crippen LogP contribution in [-0.2, 0) is 10.0 Å². The van der Waals surface area contributed by atoms with Crippen molar-refractivity contribution in [3.05, 3.63) is 11.6 Å². The first-order valence-corrected chi connectivity index (χ1v) is 7.32. The molecular weight excluding hydrogens is 305 g/mol. The van der Waals surface area contributed by atoms with Crippen LogP contribution in [-0.4, -0.2) is 42.2 Å². The van der Waals surface area contributed by atoms with Gasteiger partial charge >= 0.3 is 6.18 Å². The van der Waals surface area contributed by atoms with Gasteiger partial charge in [-0.1, -0.05) is 17.4 Å². The Kier molecular flexibility index (Phi) is 3.53. The minimum atomic E-state index is -4.41. The topological polar surface area (TPSA) is 89.2 Å². The summed E-state index contributed by atoms with van der Waals surface area (Å²) < 4.78 is 61.9. The molecule has 11 heteroatoms. The number of hydrogen-bond donors (Lipinski definition) is 1. The molecule has 0 unspecified atom stereocenters. The van der Waals surface area contributed by atoms with Crippen LogP contribution in [0.1, 0.15) is 6.42 Å². The van der Waals surface area contributed by atoms with Crippen molar-refractivity contribution in [1.82, 2.24) is 14.5 Å². The average Bonchev–Trinajstić information content (AvgIpc) is 2.76. The van der Waals surface area contributed by atoms with Gasteiger partial charge in [0.2, 0.25) is 9.47 Å². The molecule has 0 aromatic carbocycles. The number of nitrogen functional groups attached to an aromatic ring is 1. The minimum absolute atomic E-state index is 0.0119. The molecule has 0 fully saturated rings. The van der Waals surface area contributed by atoms with Gasteiger partial charge in [0.05, 0.1) is 0 Å². The maximum atomic E-state index is 12.4. The van der Waals surface area contributed by atoms with Gasteiger partial charge in [-0.15, -0.1) is 10.2 Å². The molecule has 0 saturated heterocycles. The lowest BCUT2D eigenvalue weighted by atomic mass is 10.1. The molecule has 19 heavy (non-hydrogen) atoms. The zero-order valence-corrected chi connectivity index (χ0v) is 11.0. The van der Waals surface area contributed by atoms with Crippen LogP contribution in [0.2, 0.25) is 0 Å². The maximum Gasteiger partial charge on any atom is 0.412 e. The number of hydrogen-bond acceptors (Lipinski definition) is 6. The second-order valence-electron chi connectivity index (χ2n) is 3.75. The van der Waals surface area contributed by atoms with E-state index in [-0.39, 0.29) is 29.0 Å². The molecule has 1 aliphatic heterocycles. The fraction of sp³-hybridized carbons (Fsp3) is 0.500. The summed E-state index contributed by atoms with van der Waals surface area (Å²) in [5.74, 6) is 0. The highest BCUT2D eigenvalue weighted by Gasteiger charge is 2.37. The molecule has 1 aliphatic rings. The van der Waals surface area contributed by atoms with Gasteiger partial charge in [-0.3, -0.25) is 0 Å². The smallest absolute Gasteiger partial charge is 0.374 e. The van der Waals surface area contributed by atoms with E-state index in [1.165, 1.54) is 0 Å². The van der Waals surface area contributed by atoms with Gasteiger partial charge in [0.15, 0.2) is 0 Å². The highest BCUT2D eigenvalue weighted by atomic mass is 32.2. The molecule has 0 amide bonds. The number of rotatable bonds is 2.